The molecular weight excluding hydrogens is 184 g/mol. The van der Waals surface area contributed by atoms with Crippen LogP contribution in [0.2, 0.25) is 0 Å². The Labute approximate surface area is 93.9 Å². The topological polar surface area (TPSA) is 24.4 Å². The Morgan fingerprint density at radius 1 is 1.20 bits per heavy atom. The molecule has 0 aromatic carbocycles. The van der Waals surface area contributed by atoms with Gasteiger partial charge in [-0.2, -0.15) is 0 Å². The molecule has 0 radical (unpaired) electrons. The first-order valence-corrected chi connectivity index (χ1v) is 6.32. The van der Waals surface area contributed by atoms with Crippen LogP contribution in [-0.4, -0.2) is 18.9 Å². The van der Waals surface area contributed by atoms with Gasteiger partial charge in [-0.3, -0.25) is 4.99 Å². The summed E-state index contributed by atoms with van der Waals surface area (Å²) in [5.74, 6) is 1.24. The van der Waals surface area contributed by atoms with E-state index in [1.165, 1.54) is 44.4 Å². The third kappa shape index (κ3) is 6.32. The molecule has 0 amide bonds. The van der Waals surface area contributed by atoms with Crippen LogP contribution in [-0.2, 0) is 0 Å². The highest BCUT2D eigenvalue weighted by Gasteiger charge is 2.03. The molecule has 1 aliphatic heterocycles. The van der Waals surface area contributed by atoms with Crippen LogP contribution in [0.15, 0.2) is 17.1 Å². The summed E-state index contributed by atoms with van der Waals surface area (Å²) in [6.45, 7) is 4.13. The molecular formula is C13H24N2. The molecule has 0 aromatic rings. The van der Waals surface area contributed by atoms with E-state index in [1.54, 1.807) is 0 Å². The molecule has 1 aliphatic rings. The van der Waals surface area contributed by atoms with Crippen molar-refractivity contribution >= 4 is 5.84 Å². The maximum atomic E-state index is 4.39. The zero-order valence-electron chi connectivity index (χ0n) is 9.97. The van der Waals surface area contributed by atoms with Crippen LogP contribution in [0.5, 0.6) is 0 Å². The van der Waals surface area contributed by atoms with Crippen molar-refractivity contribution in [2.24, 2.45) is 4.99 Å². The second kappa shape index (κ2) is 8.51. The second-order valence-electron chi connectivity index (χ2n) is 4.13. The molecule has 1 N–H and O–H groups in total. The van der Waals surface area contributed by atoms with Gasteiger partial charge in [-0.05, 0) is 26.2 Å². The van der Waals surface area contributed by atoms with Crippen molar-refractivity contribution < 1.29 is 0 Å². The Balaban J connectivity index is 1.80. The number of rotatable bonds is 8. The zero-order valence-corrected chi connectivity index (χ0v) is 9.97. The summed E-state index contributed by atoms with van der Waals surface area (Å²) < 4.78 is 0. The van der Waals surface area contributed by atoms with E-state index < -0.39 is 0 Å². The average Bonchev–Trinajstić information content (AvgIpc) is 2.75. The Hall–Kier alpha value is -0.790. The molecule has 0 saturated carbocycles. The summed E-state index contributed by atoms with van der Waals surface area (Å²) in [7, 11) is 0. The molecule has 0 fully saturated rings. The van der Waals surface area contributed by atoms with Gasteiger partial charge in [-0.15, -0.1) is 0 Å². The number of amidine groups is 1. The first-order chi connectivity index (χ1) is 7.43. The highest BCUT2D eigenvalue weighted by atomic mass is 15.1. The highest BCUT2D eigenvalue weighted by Crippen LogP contribution is 2.08. The average molecular weight is 208 g/mol. The third-order valence-electron chi connectivity index (χ3n) is 2.76. The van der Waals surface area contributed by atoms with Gasteiger partial charge >= 0.3 is 0 Å². The quantitative estimate of drug-likeness (QED) is 0.480. The molecule has 0 aromatic heterocycles. The van der Waals surface area contributed by atoms with Crippen molar-refractivity contribution in [2.75, 3.05) is 13.1 Å². The van der Waals surface area contributed by atoms with Crippen LogP contribution < -0.4 is 5.32 Å². The normalized spacial score (nSPS) is 15.7. The van der Waals surface area contributed by atoms with Crippen molar-refractivity contribution in [3.8, 4) is 0 Å². The minimum atomic E-state index is 0.985. The van der Waals surface area contributed by atoms with E-state index in [2.05, 4.69) is 29.4 Å². The highest BCUT2D eigenvalue weighted by molar-refractivity contribution is 5.83. The zero-order chi connectivity index (χ0) is 10.8. The van der Waals surface area contributed by atoms with E-state index >= 15 is 0 Å². The number of unbranched alkanes of at least 4 members (excludes halogenated alkanes) is 5. The lowest BCUT2D eigenvalue weighted by atomic mass is 10.1. The SMILES string of the molecule is C/C=C/CCCCCCCC1=NCCN1. The minimum Gasteiger partial charge on any atom is -0.372 e. The lowest BCUT2D eigenvalue weighted by Gasteiger charge is -2.02. The molecule has 0 atom stereocenters. The second-order valence-corrected chi connectivity index (χ2v) is 4.13. The van der Waals surface area contributed by atoms with E-state index in [0.717, 1.165) is 19.5 Å². The van der Waals surface area contributed by atoms with Gasteiger partial charge in [0.15, 0.2) is 0 Å². The van der Waals surface area contributed by atoms with Crippen LogP contribution in [0, 0.1) is 0 Å². The molecule has 1 heterocycles. The fraction of sp³-hybridized carbons (Fsp3) is 0.769. The third-order valence-corrected chi connectivity index (χ3v) is 2.76. The van der Waals surface area contributed by atoms with Gasteiger partial charge in [0.25, 0.3) is 0 Å². The van der Waals surface area contributed by atoms with Crippen LogP contribution >= 0.6 is 0 Å². The van der Waals surface area contributed by atoms with Gasteiger partial charge < -0.3 is 5.32 Å². The smallest absolute Gasteiger partial charge is 0.0964 e. The van der Waals surface area contributed by atoms with E-state index in [4.69, 9.17) is 0 Å². The van der Waals surface area contributed by atoms with Gasteiger partial charge in [0.2, 0.25) is 0 Å². The van der Waals surface area contributed by atoms with Crippen LogP contribution in [0.25, 0.3) is 0 Å². The molecule has 2 heteroatoms. The van der Waals surface area contributed by atoms with Crippen molar-refractivity contribution in [3.05, 3.63) is 12.2 Å². The number of hydrogen-bond donors (Lipinski definition) is 1. The van der Waals surface area contributed by atoms with Gasteiger partial charge in [0.1, 0.15) is 0 Å². The van der Waals surface area contributed by atoms with E-state index in [9.17, 15) is 0 Å². The summed E-state index contributed by atoms with van der Waals surface area (Å²) in [4.78, 5) is 4.39. The van der Waals surface area contributed by atoms with Gasteiger partial charge in [0, 0.05) is 13.0 Å². The standard InChI is InChI=1S/C13H24N2/c1-2-3-4-5-6-7-8-9-10-13-14-11-12-15-13/h2-3H,4-12H2,1H3,(H,14,15)/b3-2+. The Bertz CT molecular complexity index is 207. The van der Waals surface area contributed by atoms with Crippen LogP contribution in [0.3, 0.4) is 0 Å². The summed E-state index contributed by atoms with van der Waals surface area (Å²) in [6.07, 6.45) is 13.6. The van der Waals surface area contributed by atoms with Crippen LogP contribution in [0.4, 0.5) is 0 Å². The first-order valence-electron chi connectivity index (χ1n) is 6.32. The first kappa shape index (κ1) is 12.3. The van der Waals surface area contributed by atoms with E-state index in [-0.39, 0.29) is 0 Å². The molecule has 0 bridgehead atoms. The maximum absolute atomic E-state index is 4.39. The number of aliphatic imine (C=N–C) groups is 1. The number of hydrogen-bond acceptors (Lipinski definition) is 2. The number of nitrogens with zero attached hydrogens (tertiary/aromatic N) is 1. The molecule has 0 spiro atoms. The summed E-state index contributed by atoms with van der Waals surface area (Å²) in [6, 6.07) is 0. The van der Waals surface area contributed by atoms with E-state index in [0.29, 0.717) is 0 Å². The van der Waals surface area contributed by atoms with Gasteiger partial charge in [-0.25, -0.2) is 0 Å². The fourth-order valence-electron chi connectivity index (χ4n) is 1.87. The summed E-state index contributed by atoms with van der Waals surface area (Å²) >= 11 is 0. The van der Waals surface area contributed by atoms with Gasteiger partial charge in [-0.1, -0.05) is 31.4 Å². The van der Waals surface area contributed by atoms with Crippen molar-refractivity contribution in [3.63, 3.8) is 0 Å². The van der Waals surface area contributed by atoms with Gasteiger partial charge in [0.05, 0.1) is 12.4 Å². The largest absolute Gasteiger partial charge is 0.372 e. The molecule has 0 aliphatic carbocycles. The van der Waals surface area contributed by atoms with Crippen molar-refractivity contribution in [1.29, 1.82) is 0 Å². The lowest BCUT2D eigenvalue weighted by molar-refractivity contribution is 0.625. The lowest BCUT2D eigenvalue weighted by Crippen LogP contribution is -2.17. The fourth-order valence-corrected chi connectivity index (χ4v) is 1.87. The minimum absolute atomic E-state index is 0.985. The van der Waals surface area contributed by atoms with Crippen LogP contribution in [0.1, 0.15) is 51.9 Å². The molecule has 2 nitrogen and oxygen atoms in total. The van der Waals surface area contributed by atoms with Crippen molar-refractivity contribution in [1.82, 2.24) is 5.32 Å². The van der Waals surface area contributed by atoms with E-state index in [1.807, 2.05) is 0 Å². The Morgan fingerprint density at radius 2 is 2.00 bits per heavy atom. The molecule has 15 heavy (non-hydrogen) atoms. The number of allylic oxidation sites excluding steroid dienone is 2. The predicted octanol–water partition coefficient (Wildman–Crippen LogP) is 3.29. The molecule has 0 saturated heterocycles. The van der Waals surface area contributed by atoms with Crippen molar-refractivity contribution in [2.45, 2.75) is 51.9 Å². The summed E-state index contributed by atoms with van der Waals surface area (Å²) in [5.41, 5.74) is 0. The summed E-state index contributed by atoms with van der Waals surface area (Å²) in [5, 5.41) is 3.32. The Kier molecular flexibility index (Phi) is 6.97. The molecule has 86 valence electrons. The maximum Gasteiger partial charge on any atom is 0.0964 e. The predicted molar refractivity (Wildman–Crippen MR) is 67.4 cm³/mol. The molecule has 1 rings (SSSR count). The monoisotopic (exact) mass is 208 g/mol. The number of nitrogens with one attached hydrogen (secondary N) is 1. The Morgan fingerprint density at radius 3 is 2.73 bits per heavy atom. The molecule has 0 unspecified atom stereocenters.